The Kier molecular flexibility index (Phi) is 4.20. The molecule has 1 atom stereocenters. The Morgan fingerprint density at radius 2 is 2.21 bits per heavy atom. The van der Waals surface area contributed by atoms with Crippen molar-refractivity contribution < 1.29 is 0 Å². The van der Waals surface area contributed by atoms with Gasteiger partial charge < -0.3 is 5.73 Å². The first-order chi connectivity index (χ1) is 6.61. The van der Waals surface area contributed by atoms with Gasteiger partial charge in [0.2, 0.25) is 0 Å². The quantitative estimate of drug-likeness (QED) is 0.614. The van der Waals surface area contributed by atoms with Crippen molar-refractivity contribution in [2.24, 2.45) is 5.92 Å². The van der Waals surface area contributed by atoms with E-state index in [-0.39, 0.29) is 0 Å². The Balaban J connectivity index is 2.58. The fraction of sp³-hybridized carbons (Fsp3) is 0.600. The lowest BCUT2D eigenvalue weighted by Gasteiger charge is -2.07. The smallest absolute Gasteiger partial charge is 0.128 e. The van der Waals surface area contributed by atoms with Crippen molar-refractivity contribution in [3.8, 4) is 0 Å². The molecule has 0 aromatic carbocycles. The molecule has 14 heavy (non-hydrogen) atoms. The van der Waals surface area contributed by atoms with Gasteiger partial charge in [-0.2, -0.15) is 0 Å². The zero-order chi connectivity index (χ0) is 10.6. The lowest BCUT2D eigenvalue weighted by atomic mass is 10.2. The molecule has 1 aromatic rings. The van der Waals surface area contributed by atoms with Gasteiger partial charge in [-0.1, -0.05) is 20.3 Å². The first kappa shape index (κ1) is 11.3. The molecule has 1 rings (SSSR count). The molecule has 78 valence electrons. The predicted molar refractivity (Wildman–Crippen MR) is 61.4 cm³/mol. The van der Waals surface area contributed by atoms with Crippen molar-refractivity contribution in [2.75, 3.05) is 11.5 Å². The van der Waals surface area contributed by atoms with E-state index in [0.29, 0.717) is 5.82 Å². The Morgan fingerprint density at radius 3 is 2.79 bits per heavy atom. The fourth-order valence-corrected chi connectivity index (χ4v) is 2.07. The first-order valence-corrected chi connectivity index (χ1v) is 5.84. The Labute approximate surface area is 89.5 Å². The molecule has 0 radical (unpaired) electrons. The molecule has 0 fully saturated rings. The van der Waals surface area contributed by atoms with Crippen molar-refractivity contribution >= 4 is 17.6 Å². The van der Waals surface area contributed by atoms with Crippen LogP contribution in [0.15, 0.2) is 11.1 Å². The zero-order valence-electron chi connectivity index (χ0n) is 8.95. The number of aromatic nitrogens is 2. The largest absolute Gasteiger partial charge is 0.384 e. The molecule has 0 bridgehead atoms. The van der Waals surface area contributed by atoms with E-state index in [1.807, 2.05) is 13.0 Å². The zero-order valence-corrected chi connectivity index (χ0v) is 9.77. The molecule has 1 heterocycles. The number of nitrogens with zero attached hydrogens (tertiary/aromatic N) is 2. The predicted octanol–water partition coefficient (Wildman–Crippen LogP) is 2.51. The fourth-order valence-electron chi connectivity index (χ4n) is 0.982. The number of hydrogen-bond acceptors (Lipinski definition) is 4. The van der Waals surface area contributed by atoms with Gasteiger partial charge in [-0.25, -0.2) is 9.97 Å². The highest BCUT2D eigenvalue weighted by Crippen LogP contribution is 2.21. The highest BCUT2D eigenvalue weighted by atomic mass is 32.2. The number of aryl methyl sites for hydroxylation is 1. The first-order valence-electron chi connectivity index (χ1n) is 4.85. The van der Waals surface area contributed by atoms with Crippen molar-refractivity contribution in [1.29, 1.82) is 0 Å². The van der Waals surface area contributed by atoms with Crippen LogP contribution < -0.4 is 5.73 Å². The van der Waals surface area contributed by atoms with Gasteiger partial charge in [-0.3, -0.25) is 0 Å². The van der Waals surface area contributed by atoms with Crippen molar-refractivity contribution in [1.82, 2.24) is 9.97 Å². The molecule has 0 aliphatic heterocycles. The summed E-state index contributed by atoms with van der Waals surface area (Å²) in [6.45, 7) is 6.30. The third-order valence-corrected chi connectivity index (χ3v) is 3.29. The second-order valence-electron chi connectivity index (χ2n) is 3.50. The van der Waals surface area contributed by atoms with Crippen LogP contribution in [0.25, 0.3) is 0 Å². The van der Waals surface area contributed by atoms with Crippen molar-refractivity contribution in [3.05, 3.63) is 11.9 Å². The maximum atomic E-state index is 5.63. The summed E-state index contributed by atoms with van der Waals surface area (Å²) >= 11 is 1.75. The monoisotopic (exact) mass is 211 g/mol. The number of nitrogens with two attached hydrogens (primary N) is 1. The molecule has 0 aliphatic carbocycles. The average molecular weight is 211 g/mol. The average Bonchev–Trinajstić information content (AvgIpc) is 2.12. The van der Waals surface area contributed by atoms with Crippen LogP contribution in [-0.2, 0) is 0 Å². The molecule has 1 unspecified atom stereocenters. The van der Waals surface area contributed by atoms with Gasteiger partial charge in [0, 0.05) is 11.8 Å². The summed E-state index contributed by atoms with van der Waals surface area (Å²) in [5.41, 5.74) is 5.63. The Bertz CT molecular complexity index is 281. The van der Waals surface area contributed by atoms with Gasteiger partial charge in [-0.05, 0) is 12.8 Å². The normalized spacial score (nSPS) is 12.8. The molecular formula is C10H17N3S. The van der Waals surface area contributed by atoms with Crippen LogP contribution in [0.5, 0.6) is 0 Å². The summed E-state index contributed by atoms with van der Waals surface area (Å²) < 4.78 is 0. The lowest BCUT2D eigenvalue weighted by Crippen LogP contribution is -1.99. The van der Waals surface area contributed by atoms with E-state index in [4.69, 9.17) is 5.73 Å². The van der Waals surface area contributed by atoms with E-state index in [9.17, 15) is 0 Å². The molecular weight excluding hydrogens is 194 g/mol. The summed E-state index contributed by atoms with van der Waals surface area (Å²) in [5, 5.41) is 0.982. The second-order valence-corrected chi connectivity index (χ2v) is 4.54. The van der Waals surface area contributed by atoms with Crippen LogP contribution in [0, 0.1) is 12.8 Å². The third kappa shape index (κ3) is 3.54. The van der Waals surface area contributed by atoms with Gasteiger partial charge in [0.15, 0.2) is 0 Å². The maximum Gasteiger partial charge on any atom is 0.128 e. The summed E-state index contributed by atoms with van der Waals surface area (Å²) in [4.78, 5) is 8.35. The number of rotatable bonds is 4. The molecule has 3 nitrogen and oxygen atoms in total. The Morgan fingerprint density at radius 1 is 1.50 bits per heavy atom. The van der Waals surface area contributed by atoms with Gasteiger partial charge in [0.05, 0.1) is 0 Å². The number of nitrogen functional groups attached to an aromatic ring is 1. The number of hydrogen-bond donors (Lipinski definition) is 1. The van der Waals surface area contributed by atoms with Gasteiger partial charge in [-0.15, -0.1) is 11.8 Å². The third-order valence-electron chi connectivity index (χ3n) is 2.05. The molecule has 0 aliphatic rings. The molecule has 0 spiro atoms. The van der Waals surface area contributed by atoms with E-state index < -0.39 is 0 Å². The van der Waals surface area contributed by atoms with Crippen molar-refractivity contribution in [2.45, 2.75) is 32.2 Å². The van der Waals surface area contributed by atoms with E-state index >= 15 is 0 Å². The molecule has 4 heteroatoms. The van der Waals surface area contributed by atoms with Crippen LogP contribution in [-0.4, -0.2) is 15.7 Å². The summed E-state index contributed by atoms with van der Waals surface area (Å²) in [6, 6.07) is 1.83. The Hall–Kier alpha value is -0.770. The highest BCUT2D eigenvalue weighted by molar-refractivity contribution is 7.99. The van der Waals surface area contributed by atoms with Crippen LogP contribution in [0.1, 0.15) is 26.1 Å². The molecule has 0 amide bonds. The number of anilines is 1. The maximum absolute atomic E-state index is 5.63. The standard InChI is InChI=1S/C10H17N3S/c1-4-7(2)6-14-10-5-9(11)12-8(3)13-10/h5,7H,4,6H2,1-3H3,(H2,11,12,13). The van der Waals surface area contributed by atoms with Crippen LogP contribution >= 0.6 is 11.8 Å². The second kappa shape index (κ2) is 5.20. The number of thioether (sulfide) groups is 1. The van der Waals surface area contributed by atoms with Gasteiger partial charge in [0.25, 0.3) is 0 Å². The molecule has 0 saturated carbocycles. The minimum atomic E-state index is 0.559. The summed E-state index contributed by atoms with van der Waals surface area (Å²) in [6.07, 6.45) is 1.20. The van der Waals surface area contributed by atoms with Crippen LogP contribution in [0.3, 0.4) is 0 Å². The molecule has 2 N–H and O–H groups in total. The SMILES string of the molecule is CCC(C)CSc1cc(N)nc(C)n1. The summed E-state index contributed by atoms with van der Waals surface area (Å²) in [7, 11) is 0. The van der Waals surface area contributed by atoms with Gasteiger partial charge >= 0.3 is 0 Å². The van der Waals surface area contributed by atoms with Crippen molar-refractivity contribution in [3.63, 3.8) is 0 Å². The van der Waals surface area contributed by atoms with E-state index in [1.165, 1.54) is 6.42 Å². The molecule has 0 saturated heterocycles. The van der Waals surface area contributed by atoms with E-state index in [2.05, 4.69) is 23.8 Å². The minimum absolute atomic E-state index is 0.559. The van der Waals surface area contributed by atoms with Gasteiger partial charge in [0.1, 0.15) is 16.7 Å². The molecule has 1 aromatic heterocycles. The van der Waals surface area contributed by atoms with Crippen LogP contribution in [0.4, 0.5) is 5.82 Å². The van der Waals surface area contributed by atoms with E-state index in [1.54, 1.807) is 11.8 Å². The topological polar surface area (TPSA) is 51.8 Å². The van der Waals surface area contributed by atoms with Crippen LogP contribution in [0.2, 0.25) is 0 Å². The lowest BCUT2D eigenvalue weighted by molar-refractivity contribution is 0.636. The minimum Gasteiger partial charge on any atom is -0.384 e. The van der Waals surface area contributed by atoms with E-state index in [0.717, 1.165) is 22.5 Å². The highest BCUT2D eigenvalue weighted by Gasteiger charge is 2.03. The summed E-state index contributed by atoms with van der Waals surface area (Å²) in [5.74, 6) is 3.11.